The number of aromatic carboxylic acids is 2. The molecule has 0 aliphatic rings. The summed E-state index contributed by atoms with van der Waals surface area (Å²) in [5, 5.41) is 19.6. The molecule has 0 fully saturated rings. The standard InChI is InChI=1S/C25H24O4/c1-4-16-14-15(3)17(5-2)23(19-11-7-9-13-21(19)25(28)29)22(16)18-10-6-8-12-20(18)24(26)27/h6-14H,4-5H2,1-3H3,(H,26,27)(H,28,29). The second-order valence-electron chi connectivity index (χ2n) is 6.99. The molecule has 29 heavy (non-hydrogen) atoms. The molecule has 2 N–H and O–H groups in total. The predicted octanol–water partition coefficient (Wildman–Crippen LogP) is 5.85. The van der Waals surface area contributed by atoms with Crippen LogP contribution in [0, 0.1) is 6.92 Å². The number of aryl methyl sites for hydroxylation is 2. The van der Waals surface area contributed by atoms with E-state index in [1.807, 2.05) is 39.0 Å². The van der Waals surface area contributed by atoms with Gasteiger partial charge in [0.25, 0.3) is 0 Å². The van der Waals surface area contributed by atoms with Crippen molar-refractivity contribution in [3.05, 3.63) is 82.4 Å². The van der Waals surface area contributed by atoms with Gasteiger partial charge in [0.1, 0.15) is 0 Å². The van der Waals surface area contributed by atoms with Gasteiger partial charge in [-0.05, 0) is 70.8 Å². The summed E-state index contributed by atoms with van der Waals surface area (Å²) in [6.07, 6.45) is 1.41. The Morgan fingerprint density at radius 1 is 0.759 bits per heavy atom. The first-order valence-corrected chi connectivity index (χ1v) is 9.71. The third kappa shape index (κ3) is 3.66. The maximum Gasteiger partial charge on any atom is 0.336 e. The van der Waals surface area contributed by atoms with Crippen LogP contribution < -0.4 is 0 Å². The molecule has 0 heterocycles. The Balaban J connectivity index is 2.54. The lowest BCUT2D eigenvalue weighted by molar-refractivity contribution is 0.0686. The highest BCUT2D eigenvalue weighted by Gasteiger charge is 2.24. The molecule has 0 unspecified atom stereocenters. The van der Waals surface area contributed by atoms with Crippen LogP contribution in [0.25, 0.3) is 22.3 Å². The van der Waals surface area contributed by atoms with Gasteiger partial charge in [-0.1, -0.05) is 56.3 Å². The molecule has 0 atom stereocenters. The molecule has 0 bridgehead atoms. The zero-order valence-corrected chi connectivity index (χ0v) is 16.8. The minimum Gasteiger partial charge on any atom is -0.478 e. The van der Waals surface area contributed by atoms with E-state index < -0.39 is 11.9 Å². The normalized spacial score (nSPS) is 10.7. The van der Waals surface area contributed by atoms with Crippen LogP contribution in [0.4, 0.5) is 0 Å². The number of rotatable bonds is 6. The van der Waals surface area contributed by atoms with Gasteiger partial charge in [0.05, 0.1) is 11.1 Å². The van der Waals surface area contributed by atoms with Gasteiger partial charge in [-0.2, -0.15) is 0 Å². The van der Waals surface area contributed by atoms with Gasteiger partial charge in [0, 0.05) is 0 Å². The van der Waals surface area contributed by atoms with Crippen molar-refractivity contribution in [3.63, 3.8) is 0 Å². The Bertz CT molecular complexity index is 1100. The highest BCUT2D eigenvalue weighted by molar-refractivity contribution is 6.04. The van der Waals surface area contributed by atoms with E-state index >= 15 is 0 Å². The Hall–Kier alpha value is -3.40. The van der Waals surface area contributed by atoms with Crippen LogP contribution in [0.15, 0.2) is 54.6 Å². The molecule has 0 radical (unpaired) electrons. The Kier molecular flexibility index (Phi) is 5.83. The van der Waals surface area contributed by atoms with E-state index in [0.717, 1.165) is 27.8 Å². The van der Waals surface area contributed by atoms with Crippen molar-refractivity contribution in [2.45, 2.75) is 33.6 Å². The van der Waals surface area contributed by atoms with Gasteiger partial charge in [-0.15, -0.1) is 0 Å². The van der Waals surface area contributed by atoms with Crippen LogP contribution in [-0.2, 0) is 12.8 Å². The zero-order chi connectivity index (χ0) is 21.1. The molecule has 3 aromatic carbocycles. The quantitative estimate of drug-likeness (QED) is 0.555. The smallest absolute Gasteiger partial charge is 0.336 e. The molecule has 148 valence electrons. The highest BCUT2D eigenvalue weighted by Crippen LogP contribution is 2.42. The van der Waals surface area contributed by atoms with Gasteiger partial charge >= 0.3 is 11.9 Å². The minimum absolute atomic E-state index is 0.210. The first kappa shape index (κ1) is 20.3. The molecular weight excluding hydrogens is 364 g/mol. The maximum absolute atomic E-state index is 12.0. The summed E-state index contributed by atoms with van der Waals surface area (Å²) < 4.78 is 0. The molecule has 3 aromatic rings. The number of hydrogen-bond acceptors (Lipinski definition) is 2. The summed E-state index contributed by atoms with van der Waals surface area (Å²) in [6, 6.07) is 16.0. The van der Waals surface area contributed by atoms with Crippen molar-refractivity contribution >= 4 is 11.9 Å². The summed E-state index contributed by atoms with van der Waals surface area (Å²) in [7, 11) is 0. The van der Waals surface area contributed by atoms with Gasteiger partial charge in [0.2, 0.25) is 0 Å². The number of benzene rings is 3. The monoisotopic (exact) mass is 388 g/mol. The molecule has 3 rings (SSSR count). The van der Waals surface area contributed by atoms with E-state index in [-0.39, 0.29) is 11.1 Å². The van der Waals surface area contributed by atoms with Gasteiger partial charge in [-0.25, -0.2) is 9.59 Å². The largest absolute Gasteiger partial charge is 0.478 e. The van der Waals surface area contributed by atoms with Crippen molar-refractivity contribution < 1.29 is 19.8 Å². The first-order chi connectivity index (χ1) is 13.9. The van der Waals surface area contributed by atoms with E-state index in [1.165, 1.54) is 0 Å². The number of hydrogen-bond donors (Lipinski definition) is 2. The van der Waals surface area contributed by atoms with Crippen molar-refractivity contribution in [2.24, 2.45) is 0 Å². The Labute approximate surface area is 170 Å². The van der Waals surface area contributed by atoms with E-state index in [0.29, 0.717) is 24.0 Å². The fourth-order valence-electron chi connectivity index (χ4n) is 4.04. The lowest BCUT2D eigenvalue weighted by Gasteiger charge is -2.23. The van der Waals surface area contributed by atoms with Crippen molar-refractivity contribution in [3.8, 4) is 22.3 Å². The van der Waals surface area contributed by atoms with Crippen molar-refractivity contribution in [1.29, 1.82) is 0 Å². The van der Waals surface area contributed by atoms with Crippen LogP contribution >= 0.6 is 0 Å². The third-order valence-electron chi connectivity index (χ3n) is 5.33. The van der Waals surface area contributed by atoms with Crippen molar-refractivity contribution in [2.75, 3.05) is 0 Å². The predicted molar refractivity (Wildman–Crippen MR) is 115 cm³/mol. The van der Waals surface area contributed by atoms with E-state index in [1.54, 1.807) is 30.3 Å². The molecule has 0 spiro atoms. The fraction of sp³-hybridized carbons (Fsp3) is 0.200. The van der Waals surface area contributed by atoms with E-state index in [4.69, 9.17) is 0 Å². The van der Waals surface area contributed by atoms with Gasteiger partial charge < -0.3 is 10.2 Å². The SMILES string of the molecule is CCc1cc(C)c(CC)c(-c2ccccc2C(=O)O)c1-c1ccccc1C(=O)O. The molecule has 0 aliphatic carbocycles. The van der Waals surface area contributed by atoms with Crippen LogP contribution in [-0.4, -0.2) is 22.2 Å². The summed E-state index contributed by atoms with van der Waals surface area (Å²) in [5.41, 5.74) is 6.39. The molecule has 0 aliphatic heterocycles. The van der Waals surface area contributed by atoms with E-state index in [2.05, 4.69) is 6.07 Å². The zero-order valence-electron chi connectivity index (χ0n) is 16.8. The maximum atomic E-state index is 12.0. The average Bonchev–Trinajstić information content (AvgIpc) is 2.72. The lowest BCUT2D eigenvalue weighted by atomic mass is 9.80. The topological polar surface area (TPSA) is 74.6 Å². The van der Waals surface area contributed by atoms with Crippen LogP contribution in [0.5, 0.6) is 0 Å². The molecule has 0 saturated carbocycles. The number of carboxylic acids is 2. The summed E-state index contributed by atoms with van der Waals surface area (Å²) in [4.78, 5) is 23.9. The third-order valence-corrected chi connectivity index (χ3v) is 5.33. The Morgan fingerprint density at radius 3 is 1.69 bits per heavy atom. The average molecular weight is 388 g/mol. The van der Waals surface area contributed by atoms with Gasteiger partial charge in [-0.3, -0.25) is 0 Å². The van der Waals surface area contributed by atoms with Crippen LogP contribution in [0.3, 0.4) is 0 Å². The Morgan fingerprint density at radius 2 is 1.24 bits per heavy atom. The lowest BCUT2D eigenvalue weighted by Crippen LogP contribution is -2.07. The molecule has 4 nitrogen and oxygen atoms in total. The second-order valence-corrected chi connectivity index (χ2v) is 6.99. The van der Waals surface area contributed by atoms with Crippen molar-refractivity contribution in [1.82, 2.24) is 0 Å². The number of carboxylic acid groups (broad SMARTS) is 2. The number of carbonyl (C=O) groups is 2. The summed E-state index contributed by atoms with van der Waals surface area (Å²) in [6.45, 7) is 6.09. The van der Waals surface area contributed by atoms with Crippen LogP contribution in [0.1, 0.15) is 51.3 Å². The molecule has 4 heteroatoms. The van der Waals surface area contributed by atoms with Gasteiger partial charge in [0.15, 0.2) is 0 Å². The summed E-state index contributed by atoms with van der Waals surface area (Å²) >= 11 is 0. The molecule has 0 saturated heterocycles. The highest BCUT2D eigenvalue weighted by atomic mass is 16.4. The second kappa shape index (κ2) is 8.31. The summed E-state index contributed by atoms with van der Waals surface area (Å²) in [5.74, 6) is -2.00. The minimum atomic E-state index is -1.00. The fourth-order valence-corrected chi connectivity index (χ4v) is 4.04. The first-order valence-electron chi connectivity index (χ1n) is 9.71. The molecular formula is C25H24O4. The van der Waals surface area contributed by atoms with E-state index in [9.17, 15) is 19.8 Å². The molecule has 0 aromatic heterocycles. The van der Waals surface area contributed by atoms with Crippen LogP contribution in [0.2, 0.25) is 0 Å². The molecule has 0 amide bonds.